The van der Waals surface area contributed by atoms with E-state index in [1.807, 2.05) is 19.9 Å². The number of nitrogens with one attached hydrogen (secondary N) is 1. The van der Waals surface area contributed by atoms with Crippen LogP contribution in [0.5, 0.6) is 5.75 Å². The first-order chi connectivity index (χ1) is 12.9. The van der Waals surface area contributed by atoms with Crippen molar-refractivity contribution >= 4 is 11.7 Å². The summed E-state index contributed by atoms with van der Waals surface area (Å²) >= 11 is 0. The summed E-state index contributed by atoms with van der Waals surface area (Å²) in [5.41, 5.74) is 0.409. The lowest BCUT2D eigenvalue weighted by Gasteiger charge is -2.31. The summed E-state index contributed by atoms with van der Waals surface area (Å²) in [7, 11) is 0. The summed E-state index contributed by atoms with van der Waals surface area (Å²) < 4.78 is 5.67. The lowest BCUT2D eigenvalue weighted by Crippen LogP contribution is -2.42. The van der Waals surface area contributed by atoms with Gasteiger partial charge in [0.15, 0.2) is 5.78 Å². The first kappa shape index (κ1) is 18.8. The molecule has 1 N–H and O–H groups in total. The minimum absolute atomic E-state index is 0.0103. The predicted molar refractivity (Wildman–Crippen MR) is 100 cm³/mol. The highest BCUT2D eigenvalue weighted by atomic mass is 16.5. The highest BCUT2D eigenvalue weighted by Crippen LogP contribution is 2.24. The second kappa shape index (κ2) is 8.16. The highest BCUT2D eigenvalue weighted by molar-refractivity contribution is 5.99. The second-order valence-electron chi connectivity index (χ2n) is 6.95. The molecule has 3 rings (SSSR count). The Morgan fingerprint density at radius 2 is 2.15 bits per heavy atom. The molecule has 1 saturated heterocycles. The minimum Gasteiger partial charge on any atom is -0.491 e. The van der Waals surface area contributed by atoms with Crippen molar-refractivity contribution in [3.63, 3.8) is 0 Å². The van der Waals surface area contributed by atoms with Gasteiger partial charge in [-0.25, -0.2) is 4.98 Å². The quantitative estimate of drug-likeness (QED) is 0.817. The number of likely N-dealkylation sites (tertiary alicyclic amines) is 1. The van der Waals surface area contributed by atoms with Crippen molar-refractivity contribution in [3.05, 3.63) is 58.3 Å². The summed E-state index contributed by atoms with van der Waals surface area (Å²) in [6.45, 7) is 4.78. The molecule has 7 nitrogen and oxygen atoms in total. The van der Waals surface area contributed by atoms with E-state index in [4.69, 9.17) is 4.74 Å². The van der Waals surface area contributed by atoms with Gasteiger partial charge in [0.1, 0.15) is 11.4 Å². The Morgan fingerprint density at radius 3 is 2.85 bits per heavy atom. The molecule has 1 aliphatic rings. The largest absolute Gasteiger partial charge is 0.491 e. The number of amides is 1. The van der Waals surface area contributed by atoms with E-state index in [0.29, 0.717) is 24.4 Å². The van der Waals surface area contributed by atoms with Gasteiger partial charge in [-0.05, 0) is 38.8 Å². The Labute approximate surface area is 157 Å². The number of hydrogen-bond donors (Lipinski definition) is 1. The molecule has 142 valence electrons. The molecule has 0 bridgehead atoms. The summed E-state index contributed by atoms with van der Waals surface area (Å²) in [4.78, 5) is 44.6. The highest BCUT2D eigenvalue weighted by Gasteiger charge is 2.30. The van der Waals surface area contributed by atoms with Crippen LogP contribution in [-0.4, -0.2) is 45.8 Å². The zero-order chi connectivity index (χ0) is 19.4. The van der Waals surface area contributed by atoms with Crippen LogP contribution in [0, 0.1) is 5.92 Å². The number of piperidine rings is 1. The SMILES string of the molecule is CC(C)Oc1cccc(C(=O)[C@H]2CCCN(C(=O)c3c[nH]c(=O)cn3)C2)c1. The maximum Gasteiger partial charge on any atom is 0.273 e. The molecule has 1 aromatic heterocycles. The van der Waals surface area contributed by atoms with E-state index < -0.39 is 0 Å². The van der Waals surface area contributed by atoms with Crippen molar-refractivity contribution in [1.29, 1.82) is 0 Å². The molecular formula is C20H23N3O4. The van der Waals surface area contributed by atoms with E-state index >= 15 is 0 Å². The first-order valence-corrected chi connectivity index (χ1v) is 9.09. The average Bonchev–Trinajstić information content (AvgIpc) is 2.67. The number of benzene rings is 1. The van der Waals surface area contributed by atoms with Crippen LogP contribution in [-0.2, 0) is 0 Å². The van der Waals surface area contributed by atoms with Crippen LogP contribution in [0.3, 0.4) is 0 Å². The fraction of sp³-hybridized carbons (Fsp3) is 0.400. The molecule has 2 aromatic rings. The molecule has 0 aliphatic carbocycles. The van der Waals surface area contributed by atoms with Gasteiger partial charge in [0.25, 0.3) is 11.5 Å². The number of nitrogens with zero attached hydrogens (tertiary/aromatic N) is 2. The zero-order valence-electron chi connectivity index (χ0n) is 15.5. The van der Waals surface area contributed by atoms with Crippen molar-refractivity contribution in [2.75, 3.05) is 13.1 Å². The summed E-state index contributed by atoms with van der Waals surface area (Å²) in [5.74, 6) is 0.133. The summed E-state index contributed by atoms with van der Waals surface area (Å²) in [6, 6.07) is 7.17. The number of hydrogen-bond acceptors (Lipinski definition) is 5. The molecule has 1 fully saturated rings. The van der Waals surface area contributed by atoms with E-state index in [2.05, 4.69) is 9.97 Å². The number of ketones is 1. The Morgan fingerprint density at radius 1 is 1.33 bits per heavy atom. The number of Topliss-reactive ketones (excluding diaryl/α,β-unsaturated/α-hetero) is 1. The Bertz CT molecular complexity index is 870. The molecule has 0 saturated carbocycles. The monoisotopic (exact) mass is 369 g/mol. The van der Waals surface area contributed by atoms with Gasteiger partial charge >= 0.3 is 0 Å². The summed E-state index contributed by atoms with van der Waals surface area (Å²) in [6.07, 6.45) is 3.90. The minimum atomic E-state index is -0.359. The standard InChI is InChI=1S/C20H23N3O4/c1-13(2)27-16-7-3-5-14(9-16)19(25)15-6-4-8-23(12-15)20(26)17-10-22-18(24)11-21-17/h3,5,7,9-11,13,15H,4,6,8,12H2,1-2H3,(H,22,24)/t15-/m0/s1. The molecule has 1 aromatic carbocycles. The number of aromatic amines is 1. The third-order valence-electron chi connectivity index (χ3n) is 4.46. The van der Waals surface area contributed by atoms with Gasteiger partial charge in [-0.3, -0.25) is 14.4 Å². The fourth-order valence-corrected chi connectivity index (χ4v) is 3.23. The number of aromatic nitrogens is 2. The van der Waals surface area contributed by atoms with Gasteiger partial charge in [-0.15, -0.1) is 0 Å². The maximum atomic E-state index is 12.9. The van der Waals surface area contributed by atoms with Gasteiger partial charge < -0.3 is 14.6 Å². The molecule has 0 radical (unpaired) electrons. The van der Waals surface area contributed by atoms with Gasteiger partial charge in [0.2, 0.25) is 0 Å². The molecule has 7 heteroatoms. The van der Waals surface area contributed by atoms with E-state index in [0.717, 1.165) is 19.0 Å². The Balaban J connectivity index is 1.72. The van der Waals surface area contributed by atoms with Gasteiger partial charge in [-0.1, -0.05) is 12.1 Å². The van der Waals surface area contributed by atoms with Crippen LogP contribution in [0.15, 0.2) is 41.5 Å². The molecule has 1 amide bonds. The molecular weight excluding hydrogens is 346 g/mol. The lowest BCUT2D eigenvalue weighted by atomic mass is 9.90. The van der Waals surface area contributed by atoms with Crippen LogP contribution in [0.1, 0.15) is 47.5 Å². The molecule has 0 unspecified atom stereocenters. The number of carbonyl (C=O) groups excluding carboxylic acids is 2. The third-order valence-corrected chi connectivity index (χ3v) is 4.46. The van der Waals surface area contributed by atoms with Crippen molar-refractivity contribution in [3.8, 4) is 5.75 Å². The number of carbonyl (C=O) groups is 2. The Kier molecular flexibility index (Phi) is 5.69. The van der Waals surface area contributed by atoms with Crippen LogP contribution in [0.25, 0.3) is 0 Å². The topological polar surface area (TPSA) is 92.4 Å². The summed E-state index contributed by atoms with van der Waals surface area (Å²) in [5, 5.41) is 0. The van der Waals surface area contributed by atoms with Gasteiger partial charge in [0, 0.05) is 30.8 Å². The van der Waals surface area contributed by atoms with Crippen LogP contribution < -0.4 is 10.3 Å². The van der Waals surface area contributed by atoms with E-state index in [1.165, 1.54) is 6.20 Å². The van der Waals surface area contributed by atoms with Crippen molar-refractivity contribution in [1.82, 2.24) is 14.9 Å². The molecule has 1 atom stereocenters. The molecule has 0 spiro atoms. The van der Waals surface area contributed by atoms with E-state index in [-0.39, 0.29) is 35.0 Å². The van der Waals surface area contributed by atoms with Crippen molar-refractivity contribution in [2.45, 2.75) is 32.8 Å². The maximum absolute atomic E-state index is 12.9. The van der Waals surface area contributed by atoms with E-state index in [9.17, 15) is 14.4 Å². The number of H-pyrrole nitrogens is 1. The van der Waals surface area contributed by atoms with Crippen molar-refractivity contribution in [2.24, 2.45) is 5.92 Å². The smallest absolute Gasteiger partial charge is 0.273 e. The van der Waals surface area contributed by atoms with Crippen molar-refractivity contribution < 1.29 is 14.3 Å². The van der Waals surface area contributed by atoms with Gasteiger partial charge in [0.05, 0.1) is 12.3 Å². The Hall–Kier alpha value is -2.96. The normalized spacial score (nSPS) is 17.0. The second-order valence-corrected chi connectivity index (χ2v) is 6.95. The lowest BCUT2D eigenvalue weighted by molar-refractivity contribution is 0.0631. The molecule has 2 heterocycles. The molecule has 1 aliphatic heterocycles. The first-order valence-electron chi connectivity index (χ1n) is 9.09. The van der Waals surface area contributed by atoms with E-state index in [1.54, 1.807) is 23.1 Å². The van der Waals surface area contributed by atoms with Crippen LogP contribution in [0.4, 0.5) is 0 Å². The molecule has 27 heavy (non-hydrogen) atoms. The van der Waals surface area contributed by atoms with Gasteiger partial charge in [-0.2, -0.15) is 0 Å². The number of rotatable bonds is 5. The van der Waals surface area contributed by atoms with Crippen LogP contribution in [0.2, 0.25) is 0 Å². The predicted octanol–water partition coefficient (Wildman–Crippen LogP) is 2.29. The zero-order valence-corrected chi connectivity index (χ0v) is 15.5. The number of ether oxygens (including phenoxy) is 1. The van der Waals surface area contributed by atoms with Crippen LogP contribution >= 0.6 is 0 Å². The average molecular weight is 369 g/mol. The third kappa shape index (κ3) is 4.61. The fourth-order valence-electron chi connectivity index (χ4n) is 3.23.